The Balaban J connectivity index is 0.942. The van der Waals surface area contributed by atoms with Crippen LogP contribution in [0.1, 0.15) is 91.6 Å². The summed E-state index contributed by atoms with van der Waals surface area (Å²) in [6.07, 6.45) is 2.03. The van der Waals surface area contributed by atoms with Gasteiger partial charge in [-0.1, -0.05) is 23.7 Å². The summed E-state index contributed by atoms with van der Waals surface area (Å²) in [6.45, 7) is 7.78. The lowest BCUT2D eigenvalue weighted by Gasteiger charge is -2.39. The molecule has 286 valence electrons. The molecule has 4 aromatic rings. The van der Waals surface area contributed by atoms with E-state index in [-0.39, 0.29) is 29.2 Å². The summed E-state index contributed by atoms with van der Waals surface area (Å²) in [4.78, 5) is 45.3. The predicted octanol–water partition coefficient (Wildman–Crippen LogP) is 6.66. The first kappa shape index (κ1) is 37.8. The number of halogens is 4. The lowest BCUT2D eigenvalue weighted by atomic mass is 9.85. The molecule has 15 heteroatoms. The van der Waals surface area contributed by atoms with Gasteiger partial charge < -0.3 is 15.3 Å². The molecule has 2 saturated heterocycles. The number of fused-ring (bicyclic) bond motifs is 1. The Hall–Kier alpha value is -4.53. The van der Waals surface area contributed by atoms with Gasteiger partial charge in [-0.05, 0) is 93.8 Å². The smallest absolute Gasteiger partial charge is 0.386 e. The Kier molecular flexibility index (Phi) is 10.5. The van der Waals surface area contributed by atoms with Gasteiger partial charge in [0.25, 0.3) is 5.91 Å². The van der Waals surface area contributed by atoms with E-state index in [2.05, 4.69) is 25.4 Å². The number of rotatable bonds is 8. The van der Waals surface area contributed by atoms with Crippen LogP contribution < -0.4 is 15.5 Å². The van der Waals surface area contributed by atoms with Crippen LogP contribution in [0.3, 0.4) is 0 Å². The zero-order valence-corrected chi connectivity index (χ0v) is 30.9. The van der Waals surface area contributed by atoms with Gasteiger partial charge in [0.15, 0.2) is 0 Å². The number of piperidine rings is 1. The molecule has 3 N–H and O–H groups in total. The Morgan fingerprint density at radius 2 is 1.74 bits per heavy atom. The van der Waals surface area contributed by atoms with Crippen LogP contribution in [0.15, 0.2) is 54.7 Å². The molecule has 7 rings (SSSR count). The molecule has 2 aromatic carbocycles. The van der Waals surface area contributed by atoms with Crippen molar-refractivity contribution in [3.63, 3.8) is 0 Å². The van der Waals surface area contributed by atoms with Gasteiger partial charge in [0.1, 0.15) is 11.4 Å². The van der Waals surface area contributed by atoms with E-state index in [1.165, 1.54) is 6.07 Å². The van der Waals surface area contributed by atoms with Crippen molar-refractivity contribution >= 4 is 51.6 Å². The molecule has 2 aromatic heterocycles. The van der Waals surface area contributed by atoms with Gasteiger partial charge in [-0.2, -0.15) is 18.3 Å². The molecule has 3 fully saturated rings. The number of aromatic nitrogens is 3. The van der Waals surface area contributed by atoms with Crippen LogP contribution in [0.5, 0.6) is 0 Å². The van der Waals surface area contributed by atoms with Crippen LogP contribution >= 0.6 is 11.6 Å². The van der Waals surface area contributed by atoms with Crippen molar-refractivity contribution in [2.24, 2.45) is 5.92 Å². The molecule has 1 aliphatic carbocycles. The zero-order valence-electron chi connectivity index (χ0n) is 30.1. The third kappa shape index (κ3) is 8.25. The van der Waals surface area contributed by atoms with Gasteiger partial charge >= 0.3 is 6.18 Å². The van der Waals surface area contributed by atoms with E-state index in [1.54, 1.807) is 26.0 Å². The average Bonchev–Trinajstić information content (AvgIpc) is 3.55. The Labute approximate surface area is 315 Å². The summed E-state index contributed by atoms with van der Waals surface area (Å²) in [5.41, 5.74) is 0.168. The van der Waals surface area contributed by atoms with Gasteiger partial charge in [0.05, 0.1) is 23.1 Å². The molecule has 1 atom stereocenters. The third-order valence-corrected chi connectivity index (χ3v) is 11.2. The number of nitrogens with zero attached hydrogens (tertiary/aromatic N) is 5. The minimum absolute atomic E-state index is 0.191. The summed E-state index contributed by atoms with van der Waals surface area (Å²) < 4.78 is 41.6. The number of hydrogen-bond donors (Lipinski definition) is 3. The highest BCUT2D eigenvalue weighted by molar-refractivity contribution is 6.32. The van der Waals surface area contributed by atoms with Crippen molar-refractivity contribution in [1.29, 1.82) is 0 Å². The van der Waals surface area contributed by atoms with Gasteiger partial charge in [0.2, 0.25) is 11.8 Å². The fourth-order valence-corrected chi connectivity index (χ4v) is 8.23. The number of imide groups is 1. The SMILES string of the molecule is CC(C)(O)c1cc2nn(C3CCC(CN4CCN(c5ccc(C6CCC(=O)NC6=O)c(Cl)c5)CC4)CC3)cc2cc1NC(=O)c1cccc(C(F)(F)F)n1. The second-order valence-corrected chi connectivity index (χ2v) is 15.6. The molecule has 11 nitrogen and oxygen atoms in total. The average molecular weight is 766 g/mol. The number of piperazine rings is 1. The van der Waals surface area contributed by atoms with Crippen LogP contribution in [0.4, 0.5) is 24.5 Å². The van der Waals surface area contributed by atoms with Crippen molar-refractivity contribution in [3.8, 4) is 0 Å². The fourth-order valence-electron chi connectivity index (χ4n) is 7.92. The number of carbonyl (C=O) groups excluding carboxylic acids is 3. The highest BCUT2D eigenvalue weighted by Gasteiger charge is 2.34. The van der Waals surface area contributed by atoms with Crippen LogP contribution in [0, 0.1) is 5.92 Å². The van der Waals surface area contributed by atoms with E-state index in [0.717, 1.165) is 87.2 Å². The number of alkyl halides is 3. The lowest BCUT2D eigenvalue weighted by molar-refractivity contribution is -0.141. The van der Waals surface area contributed by atoms with E-state index in [9.17, 15) is 32.7 Å². The summed E-state index contributed by atoms with van der Waals surface area (Å²) in [6, 6.07) is 12.6. The van der Waals surface area contributed by atoms with Gasteiger partial charge in [-0.25, -0.2) is 4.98 Å². The molecular weight excluding hydrogens is 723 g/mol. The van der Waals surface area contributed by atoms with E-state index in [4.69, 9.17) is 16.7 Å². The Morgan fingerprint density at radius 1 is 1.00 bits per heavy atom. The molecule has 3 aliphatic rings. The number of nitrogens with one attached hydrogen (secondary N) is 2. The second kappa shape index (κ2) is 15.0. The van der Waals surface area contributed by atoms with Crippen molar-refractivity contribution in [1.82, 2.24) is 25.0 Å². The summed E-state index contributed by atoms with van der Waals surface area (Å²) in [7, 11) is 0. The predicted molar refractivity (Wildman–Crippen MR) is 198 cm³/mol. The van der Waals surface area contributed by atoms with Crippen molar-refractivity contribution in [2.75, 3.05) is 42.9 Å². The number of carbonyl (C=O) groups is 3. The quantitative estimate of drug-likeness (QED) is 0.170. The summed E-state index contributed by atoms with van der Waals surface area (Å²) in [5.74, 6) is -1.20. The highest BCUT2D eigenvalue weighted by atomic mass is 35.5. The largest absolute Gasteiger partial charge is 0.433 e. The molecule has 2 aliphatic heterocycles. The third-order valence-electron chi connectivity index (χ3n) is 10.9. The van der Waals surface area contributed by atoms with Crippen LogP contribution in [0.2, 0.25) is 5.02 Å². The maximum Gasteiger partial charge on any atom is 0.433 e. The van der Waals surface area contributed by atoms with Gasteiger partial charge in [0, 0.05) is 72.7 Å². The second-order valence-electron chi connectivity index (χ2n) is 15.2. The van der Waals surface area contributed by atoms with Crippen molar-refractivity contribution in [3.05, 3.63) is 82.3 Å². The minimum Gasteiger partial charge on any atom is -0.386 e. The lowest BCUT2D eigenvalue weighted by Crippen LogP contribution is -2.48. The van der Waals surface area contributed by atoms with Crippen molar-refractivity contribution < 1.29 is 32.7 Å². The molecule has 54 heavy (non-hydrogen) atoms. The summed E-state index contributed by atoms with van der Waals surface area (Å²) in [5, 5.41) is 22.2. The molecule has 0 spiro atoms. The molecular formula is C39H43ClF3N7O4. The molecule has 4 heterocycles. The normalized spacial score (nSPS) is 21.7. The number of benzene rings is 2. The minimum atomic E-state index is -4.69. The van der Waals surface area contributed by atoms with Gasteiger partial charge in [-0.15, -0.1) is 0 Å². The zero-order chi connectivity index (χ0) is 38.4. The first-order chi connectivity index (χ1) is 25.6. The van der Waals surface area contributed by atoms with E-state index in [0.29, 0.717) is 34.9 Å². The standard InChI is InChI=1S/C39H43ClF3N7O4/c1-38(2,54)29-20-32-24(18-33(29)45-37(53)31-4-3-5-34(44-31)39(41,42)43)22-50(47-32)25-8-6-23(7-9-25)21-48-14-16-49(17-15-48)26-10-11-27(30(40)19-26)28-12-13-35(51)46-36(28)52/h3-5,10-11,18-20,22-23,25,28,54H,6-9,12-17,21H2,1-2H3,(H,45,53)(H,46,51,52). The first-order valence-electron chi connectivity index (χ1n) is 18.3. The topological polar surface area (TPSA) is 133 Å². The molecule has 3 amide bonds. The van der Waals surface area contributed by atoms with Crippen LogP contribution in [-0.2, 0) is 21.4 Å². The van der Waals surface area contributed by atoms with Gasteiger partial charge in [-0.3, -0.25) is 29.3 Å². The number of hydrogen-bond acceptors (Lipinski definition) is 8. The number of pyridine rings is 1. The number of aliphatic hydroxyl groups is 1. The molecule has 0 radical (unpaired) electrons. The number of anilines is 2. The van der Waals surface area contributed by atoms with Crippen molar-refractivity contribution in [2.45, 2.75) is 76.1 Å². The molecule has 0 bridgehead atoms. The Bertz CT molecular complexity index is 2070. The van der Waals surface area contributed by atoms with E-state index >= 15 is 0 Å². The van der Waals surface area contributed by atoms with Crippen LogP contribution in [-0.4, -0.2) is 75.2 Å². The molecule has 1 unspecified atom stereocenters. The maximum absolute atomic E-state index is 13.2. The first-order valence-corrected chi connectivity index (χ1v) is 18.7. The van der Waals surface area contributed by atoms with Crippen LogP contribution in [0.25, 0.3) is 10.9 Å². The maximum atomic E-state index is 13.2. The molecule has 1 saturated carbocycles. The highest BCUT2D eigenvalue weighted by Crippen LogP contribution is 2.37. The monoisotopic (exact) mass is 765 g/mol. The fraction of sp³-hybridized carbons (Fsp3) is 0.462. The summed E-state index contributed by atoms with van der Waals surface area (Å²) >= 11 is 6.64. The Morgan fingerprint density at radius 3 is 2.41 bits per heavy atom. The van der Waals surface area contributed by atoms with E-state index < -0.39 is 29.3 Å². The number of amides is 3. The van der Waals surface area contributed by atoms with E-state index in [1.807, 2.05) is 29.1 Å².